The highest BCUT2D eigenvalue weighted by atomic mass is 16.3. The number of unbranched alkanes of at least 4 members (excludes halogenated alkanes) is 8. The van der Waals surface area contributed by atoms with Crippen LogP contribution in [0.4, 0.5) is 0 Å². The summed E-state index contributed by atoms with van der Waals surface area (Å²) in [5.74, 6) is -0.509. The summed E-state index contributed by atoms with van der Waals surface area (Å²) in [5, 5.41) is 10.1. The van der Waals surface area contributed by atoms with Crippen molar-refractivity contribution in [3.05, 3.63) is 12.2 Å². The second-order valence-electron chi connectivity index (χ2n) is 5.93. The van der Waals surface area contributed by atoms with Gasteiger partial charge in [-0.2, -0.15) is 0 Å². The Kier molecular flexibility index (Phi) is 14.9. The molecular weight excluding hydrogens is 292 g/mol. The third-order valence-corrected chi connectivity index (χ3v) is 3.73. The lowest BCUT2D eigenvalue weighted by Gasteiger charge is -2.00. The summed E-state index contributed by atoms with van der Waals surface area (Å²) in [4.78, 5) is 22.3. The number of aliphatic hydroxyl groups excluding tert-OH is 1. The van der Waals surface area contributed by atoms with Crippen LogP contribution in [0.5, 0.6) is 0 Å². The smallest absolute Gasteiger partial charge is 0.233 e. The van der Waals surface area contributed by atoms with Gasteiger partial charge in [-0.15, -0.1) is 0 Å². The molecular formula is C18H34N2O3. The number of nitrogens with one attached hydrogen (secondary N) is 1. The van der Waals surface area contributed by atoms with E-state index in [1.165, 1.54) is 51.4 Å². The van der Waals surface area contributed by atoms with Crippen molar-refractivity contribution in [1.82, 2.24) is 5.32 Å². The number of hydrogen-bond acceptors (Lipinski definition) is 4. The van der Waals surface area contributed by atoms with Crippen molar-refractivity contribution in [1.29, 1.82) is 0 Å². The van der Waals surface area contributed by atoms with Gasteiger partial charge >= 0.3 is 0 Å². The quantitative estimate of drug-likeness (QED) is 0.309. The minimum absolute atomic E-state index is 0.0972. The summed E-state index contributed by atoms with van der Waals surface area (Å²) in [6.07, 6.45) is 15.8. The van der Waals surface area contributed by atoms with Crippen molar-refractivity contribution in [2.45, 2.75) is 71.1 Å². The van der Waals surface area contributed by atoms with Crippen LogP contribution < -0.4 is 11.1 Å². The zero-order valence-corrected chi connectivity index (χ0v) is 14.6. The number of aliphatic hydroxyl groups is 1. The third kappa shape index (κ3) is 13.0. The zero-order chi connectivity index (χ0) is 17.3. The Balaban J connectivity index is 0.00000108. The van der Waals surface area contributed by atoms with Gasteiger partial charge in [-0.3, -0.25) is 14.9 Å². The third-order valence-electron chi connectivity index (χ3n) is 3.73. The van der Waals surface area contributed by atoms with Crippen LogP contribution in [0.2, 0.25) is 0 Å². The molecule has 1 atom stereocenters. The minimum atomic E-state index is -0.221. The van der Waals surface area contributed by atoms with Gasteiger partial charge in [0.05, 0.1) is 12.5 Å². The average Bonchev–Trinajstić information content (AvgIpc) is 2.87. The Labute approximate surface area is 140 Å². The number of allylic oxidation sites excluding steroid dienone is 1. The Hall–Kier alpha value is -1.20. The molecule has 5 nitrogen and oxygen atoms in total. The standard InChI is InChI=1S/C16H27NO2.C2H7NO/c1-2-3-4-5-6-7-8-9-10-11-12-14-13-15(18)17-16(14)19;3-1-2-4/h11-12,14H,2-10,13H2,1H3,(H,17,18,19);4H,1-3H2. The van der Waals surface area contributed by atoms with Crippen LogP contribution in [0.25, 0.3) is 0 Å². The number of carbonyl (C=O) groups is 2. The molecule has 1 fully saturated rings. The van der Waals surface area contributed by atoms with Gasteiger partial charge in [0.25, 0.3) is 0 Å². The first-order valence-electron chi connectivity index (χ1n) is 8.97. The lowest BCUT2D eigenvalue weighted by atomic mass is 10.0. The molecule has 0 aromatic heterocycles. The fraction of sp³-hybridized carbons (Fsp3) is 0.778. The Morgan fingerprint density at radius 1 is 1.13 bits per heavy atom. The molecule has 23 heavy (non-hydrogen) atoms. The molecule has 1 aliphatic heterocycles. The van der Waals surface area contributed by atoms with Crippen LogP contribution in [-0.2, 0) is 9.59 Å². The highest BCUT2D eigenvalue weighted by Crippen LogP contribution is 2.14. The van der Waals surface area contributed by atoms with Gasteiger partial charge in [0, 0.05) is 13.0 Å². The van der Waals surface area contributed by atoms with E-state index in [9.17, 15) is 9.59 Å². The molecule has 4 N–H and O–H groups in total. The first kappa shape index (κ1) is 21.8. The van der Waals surface area contributed by atoms with E-state index in [0.717, 1.165) is 6.42 Å². The molecule has 0 spiro atoms. The zero-order valence-electron chi connectivity index (χ0n) is 14.6. The molecule has 1 aliphatic rings. The predicted molar refractivity (Wildman–Crippen MR) is 93.8 cm³/mol. The van der Waals surface area contributed by atoms with Gasteiger partial charge in [-0.05, 0) is 12.8 Å². The first-order chi connectivity index (χ1) is 11.2. The molecule has 0 aromatic rings. The summed E-state index contributed by atoms with van der Waals surface area (Å²) in [7, 11) is 0. The molecule has 1 rings (SSSR count). The summed E-state index contributed by atoms with van der Waals surface area (Å²) >= 11 is 0. The molecule has 0 aromatic carbocycles. The normalized spacial score (nSPS) is 17.3. The number of rotatable bonds is 11. The maximum Gasteiger partial charge on any atom is 0.233 e. The van der Waals surface area contributed by atoms with Crippen molar-refractivity contribution < 1.29 is 14.7 Å². The number of imide groups is 1. The van der Waals surface area contributed by atoms with Gasteiger partial charge in [0.2, 0.25) is 11.8 Å². The van der Waals surface area contributed by atoms with Gasteiger partial charge in [-0.1, -0.05) is 64.0 Å². The molecule has 0 bridgehead atoms. The maximum absolute atomic E-state index is 11.3. The lowest BCUT2D eigenvalue weighted by molar-refractivity contribution is -0.125. The van der Waals surface area contributed by atoms with Crippen molar-refractivity contribution in [2.75, 3.05) is 13.2 Å². The number of hydrogen-bond donors (Lipinski definition) is 3. The highest BCUT2D eigenvalue weighted by Gasteiger charge is 2.27. The van der Waals surface area contributed by atoms with E-state index in [1.807, 2.05) is 6.08 Å². The molecule has 0 aliphatic carbocycles. The van der Waals surface area contributed by atoms with Gasteiger partial charge in [0.1, 0.15) is 0 Å². The summed E-state index contributed by atoms with van der Waals surface area (Å²) in [6.45, 7) is 2.71. The van der Waals surface area contributed by atoms with E-state index in [0.29, 0.717) is 13.0 Å². The van der Waals surface area contributed by atoms with Gasteiger partial charge in [0.15, 0.2) is 0 Å². The number of amides is 2. The largest absolute Gasteiger partial charge is 0.395 e. The second kappa shape index (κ2) is 15.7. The van der Waals surface area contributed by atoms with Crippen LogP contribution in [0.1, 0.15) is 71.1 Å². The summed E-state index contributed by atoms with van der Waals surface area (Å²) in [6, 6.07) is 0. The SMILES string of the molecule is CCCCCCCCCCC=CC1CC(=O)NC1=O.NCCO. The molecule has 1 saturated heterocycles. The fourth-order valence-corrected chi connectivity index (χ4v) is 2.39. The molecule has 5 heteroatoms. The van der Waals surface area contributed by atoms with E-state index >= 15 is 0 Å². The van der Waals surface area contributed by atoms with Gasteiger partial charge < -0.3 is 10.8 Å². The lowest BCUT2D eigenvalue weighted by Crippen LogP contribution is -2.21. The fourth-order valence-electron chi connectivity index (χ4n) is 2.39. The van der Waals surface area contributed by atoms with E-state index in [4.69, 9.17) is 10.8 Å². The predicted octanol–water partition coefficient (Wildman–Crippen LogP) is 2.67. The minimum Gasteiger partial charge on any atom is -0.395 e. The molecule has 1 unspecified atom stereocenters. The van der Waals surface area contributed by atoms with Crippen LogP contribution >= 0.6 is 0 Å². The summed E-state index contributed by atoms with van der Waals surface area (Å²) in [5.41, 5.74) is 4.78. The van der Waals surface area contributed by atoms with Gasteiger partial charge in [-0.25, -0.2) is 0 Å². The van der Waals surface area contributed by atoms with Crippen LogP contribution in [0, 0.1) is 5.92 Å². The molecule has 134 valence electrons. The maximum atomic E-state index is 11.3. The Bertz CT molecular complexity index is 341. The molecule has 2 amide bonds. The van der Waals surface area contributed by atoms with E-state index in [-0.39, 0.29) is 24.3 Å². The van der Waals surface area contributed by atoms with Crippen molar-refractivity contribution in [3.63, 3.8) is 0 Å². The van der Waals surface area contributed by atoms with E-state index in [1.54, 1.807) is 0 Å². The number of nitrogens with two attached hydrogens (primary N) is 1. The molecule has 1 heterocycles. The molecule has 0 radical (unpaired) electrons. The topological polar surface area (TPSA) is 92.4 Å². The summed E-state index contributed by atoms with van der Waals surface area (Å²) < 4.78 is 0. The highest BCUT2D eigenvalue weighted by molar-refractivity contribution is 6.04. The van der Waals surface area contributed by atoms with Crippen LogP contribution in [-0.4, -0.2) is 30.1 Å². The van der Waals surface area contributed by atoms with Crippen LogP contribution in [0.3, 0.4) is 0 Å². The second-order valence-corrected chi connectivity index (χ2v) is 5.93. The average molecular weight is 326 g/mol. The molecule has 0 saturated carbocycles. The first-order valence-corrected chi connectivity index (χ1v) is 8.97. The monoisotopic (exact) mass is 326 g/mol. The number of carbonyl (C=O) groups excluding carboxylic acids is 2. The van der Waals surface area contributed by atoms with Crippen molar-refractivity contribution >= 4 is 11.8 Å². The van der Waals surface area contributed by atoms with Crippen molar-refractivity contribution in [2.24, 2.45) is 11.7 Å². The Morgan fingerprint density at radius 3 is 2.17 bits per heavy atom. The van der Waals surface area contributed by atoms with E-state index < -0.39 is 0 Å². The van der Waals surface area contributed by atoms with Crippen molar-refractivity contribution in [3.8, 4) is 0 Å². The van der Waals surface area contributed by atoms with Crippen LogP contribution in [0.15, 0.2) is 12.2 Å². The van der Waals surface area contributed by atoms with E-state index in [2.05, 4.69) is 18.3 Å². The Morgan fingerprint density at radius 2 is 1.70 bits per heavy atom.